The Bertz CT molecular complexity index is 644. The molecule has 0 fully saturated rings. The molecular weight excluding hydrogens is 285 g/mol. The van der Waals surface area contributed by atoms with Crippen LogP contribution in [-0.2, 0) is 11.2 Å². The van der Waals surface area contributed by atoms with Crippen LogP contribution in [0.4, 0.5) is 4.39 Å². The first-order valence-corrected chi connectivity index (χ1v) is 7.97. The van der Waals surface area contributed by atoms with Gasteiger partial charge >= 0.3 is 0 Å². The minimum absolute atomic E-state index is 0.0201. The lowest BCUT2D eigenvalue weighted by atomic mass is 10.0. The molecule has 4 heteroatoms. The normalized spacial score (nSPS) is 17.1. The van der Waals surface area contributed by atoms with E-state index in [0.717, 1.165) is 23.3 Å². The van der Waals surface area contributed by atoms with Crippen molar-refractivity contribution < 1.29 is 9.18 Å². The Hall–Kier alpha value is -1.81. The average Bonchev–Trinajstić information content (AvgIpc) is 2.49. The highest BCUT2D eigenvalue weighted by molar-refractivity contribution is 7.99. The van der Waals surface area contributed by atoms with Gasteiger partial charge in [-0.1, -0.05) is 42.5 Å². The first-order chi connectivity index (χ1) is 10.2. The van der Waals surface area contributed by atoms with E-state index < -0.39 is 0 Å². The van der Waals surface area contributed by atoms with Crippen LogP contribution < -0.4 is 5.32 Å². The van der Waals surface area contributed by atoms with E-state index in [1.54, 1.807) is 6.07 Å². The standard InChI is InChI=1S/C17H16FNOS/c18-14-8-4-7-13-15(9-10-21-17(13)14)19-16(20)11-12-5-2-1-3-6-12/h1-8,15H,9-11H2,(H,19,20). The van der Waals surface area contributed by atoms with Crippen molar-refractivity contribution in [2.24, 2.45) is 0 Å². The lowest BCUT2D eigenvalue weighted by Crippen LogP contribution is -2.32. The predicted octanol–water partition coefficient (Wildman–Crippen LogP) is 3.72. The molecule has 0 saturated carbocycles. The van der Waals surface area contributed by atoms with Crippen LogP contribution in [0.1, 0.15) is 23.6 Å². The predicted molar refractivity (Wildman–Crippen MR) is 82.8 cm³/mol. The van der Waals surface area contributed by atoms with Crippen molar-refractivity contribution in [1.82, 2.24) is 5.32 Å². The molecule has 0 radical (unpaired) electrons. The number of rotatable bonds is 3. The Morgan fingerprint density at radius 3 is 2.81 bits per heavy atom. The Morgan fingerprint density at radius 1 is 1.19 bits per heavy atom. The van der Waals surface area contributed by atoms with Crippen LogP contribution in [0.15, 0.2) is 53.4 Å². The van der Waals surface area contributed by atoms with Crippen molar-refractivity contribution in [3.63, 3.8) is 0 Å². The second-order valence-electron chi connectivity index (χ2n) is 5.08. The second-order valence-corrected chi connectivity index (χ2v) is 6.18. The molecule has 0 saturated heterocycles. The topological polar surface area (TPSA) is 29.1 Å². The van der Waals surface area contributed by atoms with Crippen LogP contribution in [0.3, 0.4) is 0 Å². The van der Waals surface area contributed by atoms with Crippen molar-refractivity contribution in [3.05, 3.63) is 65.5 Å². The third kappa shape index (κ3) is 3.27. The van der Waals surface area contributed by atoms with Crippen molar-refractivity contribution >= 4 is 17.7 Å². The second kappa shape index (κ2) is 6.31. The molecule has 108 valence electrons. The number of hydrogen-bond donors (Lipinski definition) is 1. The SMILES string of the molecule is O=C(Cc1ccccc1)NC1CCSc2c(F)cccc21. The summed E-state index contributed by atoms with van der Waals surface area (Å²) in [5.41, 5.74) is 1.88. The summed E-state index contributed by atoms with van der Waals surface area (Å²) in [4.78, 5) is 12.8. The zero-order valence-corrected chi connectivity index (χ0v) is 12.3. The van der Waals surface area contributed by atoms with Gasteiger partial charge in [-0.2, -0.15) is 0 Å². The number of amides is 1. The smallest absolute Gasteiger partial charge is 0.224 e. The molecule has 1 aliphatic heterocycles. The number of thioether (sulfide) groups is 1. The maximum Gasteiger partial charge on any atom is 0.224 e. The van der Waals surface area contributed by atoms with E-state index >= 15 is 0 Å². The number of nitrogens with one attached hydrogen (secondary N) is 1. The van der Waals surface area contributed by atoms with Crippen LogP contribution >= 0.6 is 11.8 Å². The van der Waals surface area contributed by atoms with Crippen LogP contribution in [0.2, 0.25) is 0 Å². The van der Waals surface area contributed by atoms with Crippen molar-refractivity contribution in [2.45, 2.75) is 23.8 Å². The Morgan fingerprint density at radius 2 is 2.00 bits per heavy atom. The molecule has 0 aromatic heterocycles. The summed E-state index contributed by atoms with van der Waals surface area (Å²) in [7, 11) is 0. The van der Waals surface area contributed by atoms with Gasteiger partial charge in [-0.15, -0.1) is 11.8 Å². The van der Waals surface area contributed by atoms with Gasteiger partial charge in [0.1, 0.15) is 5.82 Å². The first-order valence-electron chi connectivity index (χ1n) is 6.98. The molecule has 21 heavy (non-hydrogen) atoms. The molecule has 1 heterocycles. The maximum absolute atomic E-state index is 13.8. The monoisotopic (exact) mass is 301 g/mol. The third-order valence-electron chi connectivity index (χ3n) is 3.57. The summed E-state index contributed by atoms with van der Waals surface area (Å²) < 4.78 is 13.8. The summed E-state index contributed by atoms with van der Waals surface area (Å²) in [5.74, 6) is 0.609. The zero-order chi connectivity index (χ0) is 14.7. The summed E-state index contributed by atoms with van der Waals surface area (Å²) in [6.07, 6.45) is 1.19. The van der Waals surface area contributed by atoms with E-state index in [0.29, 0.717) is 11.3 Å². The first kappa shape index (κ1) is 14.1. The van der Waals surface area contributed by atoms with Gasteiger partial charge in [0.2, 0.25) is 5.91 Å². The summed E-state index contributed by atoms with van der Waals surface area (Å²) in [5, 5.41) is 3.03. The number of benzene rings is 2. The molecule has 2 aromatic carbocycles. The minimum atomic E-state index is -0.195. The van der Waals surface area contributed by atoms with Crippen LogP contribution in [-0.4, -0.2) is 11.7 Å². The molecule has 2 aromatic rings. The van der Waals surface area contributed by atoms with Gasteiger partial charge in [0.15, 0.2) is 0 Å². The zero-order valence-electron chi connectivity index (χ0n) is 11.5. The van der Waals surface area contributed by atoms with E-state index in [1.807, 2.05) is 36.4 Å². The van der Waals surface area contributed by atoms with E-state index in [-0.39, 0.29) is 17.8 Å². The van der Waals surface area contributed by atoms with Gasteiger partial charge in [0.05, 0.1) is 12.5 Å². The molecule has 3 rings (SSSR count). The highest BCUT2D eigenvalue weighted by Crippen LogP contribution is 2.37. The Labute approximate surface area is 127 Å². The van der Waals surface area contributed by atoms with Gasteiger partial charge < -0.3 is 5.32 Å². The minimum Gasteiger partial charge on any atom is -0.349 e. The van der Waals surface area contributed by atoms with Gasteiger partial charge in [0, 0.05) is 10.6 Å². The molecule has 1 atom stereocenters. The van der Waals surface area contributed by atoms with Crippen molar-refractivity contribution in [3.8, 4) is 0 Å². The average molecular weight is 301 g/mol. The van der Waals surface area contributed by atoms with E-state index in [9.17, 15) is 9.18 Å². The highest BCUT2D eigenvalue weighted by atomic mass is 32.2. The fourth-order valence-electron chi connectivity index (χ4n) is 2.56. The molecule has 0 aliphatic carbocycles. The fourth-order valence-corrected chi connectivity index (χ4v) is 3.70. The lowest BCUT2D eigenvalue weighted by molar-refractivity contribution is -0.121. The van der Waals surface area contributed by atoms with Crippen LogP contribution in [0.25, 0.3) is 0 Å². The van der Waals surface area contributed by atoms with Gasteiger partial charge in [-0.25, -0.2) is 4.39 Å². The van der Waals surface area contributed by atoms with Gasteiger partial charge in [0.25, 0.3) is 0 Å². The largest absolute Gasteiger partial charge is 0.349 e. The fraction of sp³-hybridized carbons (Fsp3) is 0.235. The highest BCUT2D eigenvalue weighted by Gasteiger charge is 2.24. The van der Waals surface area contributed by atoms with Gasteiger partial charge in [-0.3, -0.25) is 4.79 Å². The molecular formula is C17H16FNOS. The molecule has 1 unspecified atom stereocenters. The summed E-state index contributed by atoms with van der Waals surface area (Å²) in [6, 6.07) is 14.6. The molecule has 0 bridgehead atoms. The summed E-state index contributed by atoms with van der Waals surface area (Å²) in [6.45, 7) is 0. The van der Waals surface area contributed by atoms with Crippen LogP contribution in [0.5, 0.6) is 0 Å². The number of halogens is 1. The molecule has 1 aliphatic rings. The molecule has 1 amide bonds. The van der Waals surface area contributed by atoms with Gasteiger partial charge in [-0.05, 0) is 23.6 Å². The summed E-state index contributed by atoms with van der Waals surface area (Å²) >= 11 is 1.52. The molecule has 2 nitrogen and oxygen atoms in total. The maximum atomic E-state index is 13.8. The lowest BCUT2D eigenvalue weighted by Gasteiger charge is -2.26. The van der Waals surface area contributed by atoms with E-state index in [1.165, 1.54) is 17.8 Å². The van der Waals surface area contributed by atoms with Crippen LogP contribution in [0, 0.1) is 5.82 Å². The molecule has 1 N–H and O–H groups in total. The van der Waals surface area contributed by atoms with E-state index in [2.05, 4.69) is 5.32 Å². The Balaban J connectivity index is 1.72. The third-order valence-corrected chi connectivity index (χ3v) is 4.73. The van der Waals surface area contributed by atoms with Crippen molar-refractivity contribution in [1.29, 1.82) is 0 Å². The molecule has 0 spiro atoms. The number of carbonyl (C=O) groups excluding carboxylic acids is 1. The number of fused-ring (bicyclic) bond motifs is 1. The number of carbonyl (C=O) groups is 1. The van der Waals surface area contributed by atoms with E-state index in [4.69, 9.17) is 0 Å². The number of hydrogen-bond acceptors (Lipinski definition) is 2. The van der Waals surface area contributed by atoms with Crippen molar-refractivity contribution in [2.75, 3.05) is 5.75 Å². The quantitative estimate of drug-likeness (QED) is 0.936. The Kier molecular flexibility index (Phi) is 4.25.